The van der Waals surface area contributed by atoms with Gasteiger partial charge in [-0.15, -0.1) is 23.1 Å². The Morgan fingerprint density at radius 1 is 1.12 bits per heavy atom. The number of carbonyl (C=O) groups excluding carboxylic acids is 3. The lowest BCUT2D eigenvalue weighted by Crippen LogP contribution is -2.71. The number of nitrogens with zero attached hydrogens (tertiary/aromatic N) is 6. The average molecular weight is 815 g/mol. The van der Waals surface area contributed by atoms with E-state index in [9.17, 15) is 49.2 Å². The molecule has 22 heteroatoms. The predicted molar refractivity (Wildman–Crippen MR) is 202 cm³/mol. The summed E-state index contributed by atoms with van der Waals surface area (Å²) in [5.74, 6) is -5.67. The van der Waals surface area contributed by atoms with Crippen LogP contribution in [-0.4, -0.2) is 135 Å². The summed E-state index contributed by atoms with van der Waals surface area (Å²) < 4.78 is 1.79. The molecule has 56 heavy (non-hydrogen) atoms. The first-order valence-corrected chi connectivity index (χ1v) is 19.4. The van der Waals surface area contributed by atoms with Gasteiger partial charge in [0, 0.05) is 42.2 Å². The monoisotopic (exact) mass is 814 g/mol. The number of benzene rings is 1. The molecule has 0 saturated carbocycles. The zero-order chi connectivity index (χ0) is 40.7. The maximum atomic E-state index is 13.6. The van der Waals surface area contributed by atoms with E-state index in [0.717, 1.165) is 35.1 Å². The van der Waals surface area contributed by atoms with Crippen LogP contribution in [0.1, 0.15) is 49.8 Å². The zero-order valence-corrected chi connectivity index (χ0v) is 32.1. The highest BCUT2D eigenvalue weighted by atomic mass is 32.2. The molecule has 8 N–H and O–H groups in total. The van der Waals surface area contributed by atoms with Crippen molar-refractivity contribution in [1.29, 1.82) is 0 Å². The van der Waals surface area contributed by atoms with Crippen LogP contribution in [0.2, 0.25) is 0 Å². The van der Waals surface area contributed by atoms with Crippen LogP contribution >= 0.6 is 23.1 Å². The number of carboxylic acids is 2. The molecule has 1 aromatic carbocycles. The highest BCUT2D eigenvalue weighted by Gasteiger charge is 2.55. The number of carboxylic acid groups (broad SMARTS) is 2. The predicted octanol–water partition coefficient (Wildman–Crippen LogP) is 0.229. The van der Waals surface area contributed by atoms with Crippen LogP contribution in [0.25, 0.3) is 10.9 Å². The van der Waals surface area contributed by atoms with Crippen molar-refractivity contribution >= 4 is 74.5 Å². The number of quaternary nitrogens is 1. The summed E-state index contributed by atoms with van der Waals surface area (Å²) in [4.78, 5) is 88.1. The van der Waals surface area contributed by atoms with Crippen molar-refractivity contribution in [2.45, 2.75) is 57.2 Å². The van der Waals surface area contributed by atoms with Crippen LogP contribution in [0.15, 0.2) is 38.7 Å². The Hall–Kier alpha value is -5.74. The number of hydrogen-bond acceptors (Lipinski definition) is 15. The number of thiazole rings is 1. The Kier molecular flexibility index (Phi) is 11.0. The number of aromatic hydroxyl groups is 2. The van der Waals surface area contributed by atoms with Crippen molar-refractivity contribution in [2.75, 3.05) is 44.2 Å². The number of nitrogens with one attached hydrogen (secondary N) is 2. The number of likely N-dealkylation sites (tertiary alicyclic amines) is 1. The molecule has 3 aromatic rings. The van der Waals surface area contributed by atoms with Crippen molar-refractivity contribution in [3.63, 3.8) is 0 Å². The summed E-state index contributed by atoms with van der Waals surface area (Å²) in [7, 11) is 0. The van der Waals surface area contributed by atoms with Crippen molar-refractivity contribution in [3.05, 3.63) is 50.4 Å². The molecule has 0 unspecified atom stereocenters. The van der Waals surface area contributed by atoms with Gasteiger partial charge in [0.05, 0.1) is 37.1 Å². The molecule has 3 amide bonds. The molecule has 2 aromatic heterocycles. The van der Waals surface area contributed by atoms with E-state index in [-0.39, 0.29) is 58.5 Å². The Balaban J connectivity index is 1.16. The van der Waals surface area contributed by atoms with Gasteiger partial charge in [-0.05, 0) is 26.8 Å². The fourth-order valence-electron chi connectivity index (χ4n) is 6.87. The maximum Gasteiger partial charge on any atom is 0.352 e. The summed E-state index contributed by atoms with van der Waals surface area (Å²) in [6, 6.07) is 1.15. The van der Waals surface area contributed by atoms with Crippen LogP contribution in [0.5, 0.6) is 11.5 Å². The van der Waals surface area contributed by atoms with Gasteiger partial charge in [0.15, 0.2) is 28.0 Å². The molecule has 2 fully saturated rings. The Labute approximate surface area is 326 Å². The molecule has 298 valence electrons. The number of amides is 3. The maximum absolute atomic E-state index is 13.6. The minimum absolute atomic E-state index is 0.0108. The van der Waals surface area contributed by atoms with E-state index in [1.54, 1.807) is 6.92 Å². The number of aliphatic carboxylic acids is 2. The molecule has 0 bridgehead atoms. The normalized spacial score (nSPS) is 19.4. The number of nitrogen functional groups attached to an aromatic ring is 1. The second kappa shape index (κ2) is 15.4. The summed E-state index contributed by atoms with van der Waals surface area (Å²) in [6.45, 7) is 6.61. The molecule has 3 aliphatic heterocycles. The van der Waals surface area contributed by atoms with Crippen LogP contribution in [0, 0.1) is 0 Å². The van der Waals surface area contributed by atoms with E-state index in [4.69, 9.17) is 10.6 Å². The number of aryl methyl sites for hydroxylation is 1. The number of nitrogens with two attached hydrogens (primary N) is 1. The van der Waals surface area contributed by atoms with Gasteiger partial charge in [0.2, 0.25) is 11.0 Å². The lowest BCUT2D eigenvalue weighted by atomic mass is 10.0. The van der Waals surface area contributed by atoms with Gasteiger partial charge in [-0.1, -0.05) is 5.16 Å². The second-order valence-electron chi connectivity index (χ2n) is 14.0. The molecule has 3 aliphatic rings. The molecule has 0 aliphatic carbocycles. The molecule has 20 nitrogen and oxygen atoms in total. The van der Waals surface area contributed by atoms with Crippen molar-refractivity contribution < 1.29 is 53.7 Å². The summed E-state index contributed by atoms with van der Waals surface area (Å²) in [6.07, 6.45) is 1.70. The third kappa shape index (κ3) is 7.58. The summed E-state index contributed by atoms with van der Waals surface area (Å²) >= 11 is 2.27. The minimum Gasteiger partial charge on any atom is -0.504 e. The second-order valence-corrected chi connectivity index (χ2v) is 16.0. The van der Waals surface area contributed by atoms with Gasteiger partial charge in [-0.3, -0.25) is 28.8 Å². The first-order valence-electron chi connectivity index (χ1n) is 17.5. The fourth-order valence-corrected chi connectivity index (χ4v) is 8.76. The van der Waals surface area contributed by atoms with Crippen molar-refractivity contribution in [2.24, 2.45) is 5.16 Å². The topological polar surface area (TPSA) is 289 Å². The lowest BCUT2D eigenvalue weighted by Gasteiger charge is -2.50. The highest BCUT2D eigenvalue weighted by Crippen LogP contribution is 2.41. The standard InChI is InChI=1S/C34H39N9O11S2/c1-4-41-19-12-21(45)20(44)11-17(19)26(46)23(39-41)27(47)36-7-10-43(8-5-6-9-43)13-16-14-55-30-24(29(49)42(30)25(16)31(50)51)38-28(48)22(18-15-56-33(35)37-18)40-54-34(2,3)32(52)53/h11-12,15,24,30H,4-10,13-14H2,1-3H3,(H7-,35,36,37,38,39,40,44,45,46,47,48,50,51,52,53)/p+1/t24-,30-/m1/s1. The summed E-state index contributed by atoms with van der Waals surface area (Å²) in [5.41, 5.74) is 2.98. The number of thioether (sulfide) groups is 1. The van der Waals surface area contributed by atoms with Crippen LogP contribution in [0.3, 0.4) is 0 Å². The fraction of sp³-hybridized carbons (Fsp3) is 0.441. The molecular formula is C34H40N9O11S2+. The van der Waals surface area contributed by atoms with Gasteiger partial charge >= 0.3 is 11.9 Å². The van der Waals surface area contributed by atoms with E-state index in [2.05, 4.69) is 25.9 Å². The Morgan fingerprint density at radius 2 is 1.82 bits per heavy atom. The number of phenols is 2. The van der Waals surface area contributed by atoms with Gasteiger partial charge < -0.3 is 46.1 Å². The molecule has 0 spiro atoms. The zero-order valence-electron chi connectivity index (χ0n) is 30.5. The number of β-lactam (4-membered cyclic amide) rings is 1. The van der Waals surface area contributed by atoms with Crippen LogP contribution < -0.4 is 21.8 Å². The van der Waals surface area contributed by atoms with Gasteiger partial charge in [-0.2, -0.15) is 5.10 Å². The first kappa shape index (κ1) is 39.9. The molecular weight excluding hydrogens is 775 g/mol. The van der Waals surface area contributed by atoms with Crippen LogP contribution in [-0.2, 0) is 30.6 Å². The van der Waals surface area contributed by atoms with Gasteiger partial charge in [0.25, 0.3) is 17.7 Å². The number of carbonyl (C=O) groups is 5. The number of anilines is 1. The SMILES string of the molecule is CCn1nc(C(=O)NCC[N+]2(CC3=C(C(=O)O)N4C(=O)[C@@H](NC(=O)/C(=N\OC(C)(C)C(=O)O)c5csc(N)n5)[C@H]4SC3)CCCC2)c(=O)c2cc(O)c(O)cc21. The quantitative estimate of drug-likeness (QED) is 0.0377. The van der Waals surface area contributed by atoms with Crippen LogP contribution in [0.4, 0.5) is 5.13 Å². The Bertz CT molecular complexity index is 2260. The largest absolute Gasteiger partial charge is 0.504 e. The molecule has 6 rings (SSSR count). The number of phenolic OH excluding ortho intramolecular Hbond substituents is 2. The molecule has 5 heterocycles. The minimum atomic E-state index is -1.81. The van der Waals surface area contributed by atoms with E-state index < -0.39 is 69.3 Å². The molecule has 0 radical (unpaired) electrons. The average Bonchev–Trinajstić information content (AvgIpc) is 3.80. The van der Waals surface area contributed by atoms with Crippen molar-refractivity contribution in [3.8, 4) is 11.5 Å². The highest BCUT2D eigenvalue weighted by molar-refractivity contribution is 8.00. The molecule has 2 saturated heterocycles. The van der Waals surface area contributed by atoms with E-state index in [1.807, 2.05) is 0 Å². The smallest absolute Gasteiger partial charge is 0.352 e. The number of oxime groups is 1. The lowest BCUT2D eigenvalue weighted by molar-refractivity contribution is -0.911. The number of aromatic nitrogens is 3. The third-order valence-corrected chi connectivity index (χ3v) is 11.9. The van der Waals surface area contributed by atoms with E-state index in [1.165, 1.54) is 41.7 Å². The van der Waals surface area contributed by atoms with E-state index >= 15 is 0 Å². The Morgan fingerprint density at radius 3 is 2.45 bits per heavy atom. The van der Waals surface area contributed by atoms with Crippen molar-refractivity contribution in [1.82, 2.24) is 30.3 Å². The van der Waals surface area contributed by atoms with Gasteiger partial charge in [-0.25, -0.2) is 14.6 Å². The molecule has 2 atom stereocenters. The first-order chi connectivity index (χ1) is 26.5. The number of hydrogen-bond donors (Lipinski definition) is 7. The number of rotatable bonds is 14. The summed E-state index contributed by atoms with van der Waals surface area (Å²) in [5, 5.41) is 53.8. The number of fused-ring (bicyclic) bond motifs is 2. The third-order valence-electron chi connectivity index (χ3n) is 9.88. The van der Waals surface area contributed by atoms with E-state index in [0.29, 0.717) is 29.7 Å². The van der Waals surface area contributed by atoms with Gasteiger partial charge in [0.1, 0.15) is 29.4 Å².